The van der Waals surface area contributed by atoms with Crippen LogP contribution in [0.4, 0.5) is 0 Å². The summed E-state index contributed by atoms with van der Waals surface area (Å²) in [5.41, 5.74) is 1.51. The molecule has 1 heterocycles. The van der Waals surface area contributed by atoms with E-state index >= 15 is 0 Å². The maximum atomic E-state index is 6.13. The third kappa shape index (κ3) is 4.03. The van der Waals surface area contributed by atoms with Gasteiger partial charge in [-0.15, -0.1) is 11.3 Å². The minimum atomic E-state index is 0.198. The molecular formula is C17H21ClN4S. The quantitative estimate of drug-likeness (QED) is 0.642. The molecule has 0 bridgehead atoms. The molecule has 23 heavy (non-hydrogen) atoms. The lowest BCUT2D eigenvalue weighted by Crippen LogP contribution is -2.40. The largest absolute Gasteiger partial charge is 0.356 e. The highest BCUT2D eigenvalue weighted by Gasteiger charge is 2.44. The van der Waals surface area contributed by atoms with Crippen LogP contribution in [0.3, 0.4) is 0 Å². The highest BCUT2D eigenvalue weighted by atomic mass is 35.5. The van der Waals surface area contributed by atoms with Gasteiger partial charge in [-0.1, -0.05) is 23.7 Å². The van der Waals surface area contributed by atoms with Crippen molar-refractivity contribution in [2.24, 2.45) is 4.99 Å². The molecule has 3 rings (SSSR count). The summed E-state index contributed by atoms with van der Waals surface area (Å²) in [5.74, 6) is 0.823. The van der Waals surface area contributed by atoms with Crippen LogP contribution in [0, 0.1) is 6.92 Å². The summed E-state index contributed by atoms with van der Waals surface area (Å²) in [6, 6.07) is 8.19. The number of hydrogen-bond donors (Lipinski definition) is 2. The molecule has 0 spiro atoms. The van der Waals surface area contributed by atoms with E-state index < -0.39 is 0 Å². The molecule has 0 saturated heterocycles. The van der Waals surface area contributed by atoms with Gasteiger partial charge in [-0.05, 0) is 37.5 Å². The fraction of sp³-hybridized carbons (Fsp3) is 0.412. The van der Waals surface area contributed by atoms with E-state index in [0.717, 1.165) is 29.1 Å². The van der Waals surface area contributed by atoms with Crippen molar-refractivity contribution in [3.05, 3.63) is 50.9 Å². The van der Waals surface area contributed by atoms with Crippen LogP contribution < -0.4 is 10.6 Å². The first-order valence-corrected chi connectivity index (χ1v) is 8.93. The van der Waals surface area contributed by atoms with Crippen molar-refractivity contribution in [3.8, 4) is 0 Å². The molecule has 1 fully saturated rings. The van der Waals surface area contributed by atoms with Crippen LogP contribution in [0.5, 0.6) is 0 Å². The van der Waals surface area contributed by atoms with E-state index in [2.05, 4.69) is 32.7 Å². The summed E-state index contributed by atoms with van der Waals surface area (Å²) in [7, 11) is 1.80. The van der Waals surface area contributed by atoms with Crippen LogP contribution in [0.25, 0.3) is 0 Å². The Morgan fingerprint density at radius 3 is 2.83 bits per heavy atom. The fourth-order valence-corrected chi connectivity index (χ4v) is 3.59. The van der Waals surface area contributed by atoms with Crippen molar-refractivity contribution in [1.29, 1.82) is 0 Å². The van der Waals surface area contributed by atoms with Gasteiger partial charge in [0.2, 0.25) is 0 Å². The van der Waals surface area contributed by atoms with Gasteiger partial charge in [-0.2, -0.15) is 0 Å². The van der Waals surface area contributed by atoms with Crippen molar-refractivity contribution >= 4 is 28.9 Å². The summed E-state index contributed by atoms with van der Waals surface area (Å²) < 4.78 is 0. The second kappa shape index (κ2) is 6.89. The fourth-order valence-electron chi connectivity index (χ4n) is 2.67. The highest BCUT2D eigenvalue weighted by molar-refractivity contribution is 7.11. The molecule has 1 aliphatic rings. The van der Waals surface area contributed by atoms with Gasteiger partial charge in [0, 0.05) is 35.1 Å². The zero-order valence-electron chi connectivity index (χ0n) is 13.4. The number of benzene rings is 1. The van der Waals surface area contributed by atoms with Gasteiger partial charge in [0.1, 0.15) is 0 Å². The van der Waals surface area contributed by atoms with Crippen LogP contribution in [0.1, 0.15) is 28.3 Å². The number of hydrogen-bond acceptors (Lipinski definition) is 3. The second-order valence-corrected chi connectivity index (χ2v) is 7.67. The van der Waals surface area contributed by atoms with E-state index in [9.17, 15) is 0 Å². The lowest BCUT2D eigenvalue weighted by molar-refractivity contribution is 0.646. The minimum Gasteiger partial charge on any atom is -0.356 e. The first-order chi connectivity index (χ1) is 11.1. The van der Waals surface area contributed by atoms with Gasteiger partial charge in [0.25, 0.3) is 0 Å². The van der Waals surface area contributed by atoms with E-state index in [1.807, 2.05) is 25.3 Å². The van der Waals surface area contributed by atoms with Crippen molar-refractivity contribution < 1.29 is 0 Å². The van der Waals surface area contributed by atoms with E-state index in [1.165, 1.54) is 23.3 Å². The number of nitrogens with zero attached hydrogens (tertiary/aromatic N) is 2. The number of rotatable bonds is 5. The summed E-state index contributed by atoms with van der Waals surface area (Å²) in [4.78, 5) is 9.78. The van der Waals surface area contributed by atoms with Gasteiger partial charge in [-0.25, -0.2) is 4.98 Å². The van der Waals surface area contributed by atoms with Gasteiger partial charge in [0.15, 0.2) is 5.96 Å². The normalized spacial score (nSPS) is 16.2. The van der Waals surface area contributed by atoms with Crippen molar-refractivity contribution in [3.63, 3.8) is 0 Å². The third-order valence-electron chi connectivity index (χ3n) is 4.21. The molecule has 1 saturated carbocycles. The topological polar surface area (TPSA) is 49.3 Å². The number of halogens is 1. The lowest BCUT2D eigenvalue weighted by atomic mass is 9.96. The Hall–Kier alpha value is -1.59. The molecule has 1 aromatic carbocycles. The maximum absolute atomic E-state index is 6.13. The number of aryl methyl sites for hydroxylation is 1. The van der Waals surface area contributed by atoms with Crippen LogP contribution >= 0.6 is 22.9 Å². The van der Waals surface area contributed by atoms with Crippen LogP contribution in [0.15, 0.2) is 35.5 Å². The molecule has 1 aliphatic carbocycles. The number of aromatic nitrogens is 1. The van der Waals surface area contributed by atoms with Crippen LogP contribution in [0.2, 0.25) is 5.02 Å². The Labute approximate surface area is 146 Å². The van der Waals surface area contributed by atoms with Crippen molar-refractivity contribution in [2.45, 2.75) is 31.7 Å². The summed E-state index contributed by atoms with van der Waals surface area (Å²) in [5, 5.41) is 8.68. The molecule has 122 valence electrons. The van der Waals surface area contributed by atoms with Gasteiger partial charge in [-0.3, -0.25) is 4.99 Å². The van der Waals surface area contributed by atoms with E-state index in [-0.39, 0.29) is 5.41 Å². The molecular weight excluding hydrogens is 328 g/mol. The molecule has 0 unspecified atom stereocenters. The van der Waals surface area contributed by atoms with Gasteiger partial charge >= 0.3 is 0 Å². The second-order valence-electron chi connectivity index (χ2n) is 5.92. The van der Waals surface area contributed by atoms with E-state index in [0.29, 0.717) is 0 Å². The smallest absolute Gasteiger partial charge is 0.191 e. The zero-order chi connectivity index (χ0) is 16.3. The Kier molecular flexibility index (Phi) is 4.87. The molecule has 0 radical (unpaired) electrons. The van der Waals surface area contributed by atoms with Crippen LogP contribution in [-0.2, 0) is 12.0 Å². The van der Waals surface area contributed by atoms with E-state index in [4.69, 9.17) is 11.6 Å². The van der Waals surface area contributed by atoms with E-state index in [1.54, 1.807) is 18.4 Å². The summed E-state index contributed by atoms with van der Waals surface area (Å²) in [6.07, 6.45) is 4.28. The molecule has 0 aliphatic heterocycles. The first kappa shape index (κ1) is 16.3. The highest BCUT2D eigenvalue weighted by Crippen LogP contribution is 2.48. The van der Waals surface area contributed by atoms with Crippen molar-refractivity contribution in [2.75, 3.05) is 13.6 Å². The lowest BCUT2D eigenvalue weighted by Gasteiger charge is -2.19. The minimum absolute atomic E-state index is 0.198. The number of aliphatic imine (C=N–C) groups is 1. The maximum Gasteiger partial charge on any atom is 0.191 e. The predicted octanol–water partition coefficient (Wildman–Crippen LogP) is 3.50. The number of nitrogens with one attached hydrogen (secondary N) is 2. The molecule has 2 aromatic rings. The first-order valence-electron chi connectivity index (χ1n) is 7.73. The Balaban J connectivity index is 1.56. The molecule has 2 N–H and O–H groups in total. The average Bonchev–Trinajstić information content (AvgIpc) is 3.23. The SMILES string of the molecule is CN=C(NCc1cnc(C)s1)NCC1(c2cccc(Cl)c2)CC1. The van der Waals surface area contributed by atoms with Gasteiger partial charge in [0.05, 0.1) is 11.6 Å². The average molecular weight is 349 g/mol. The Morgan fingerprint density at radius 2 is 2.22 bits per heavy atom. The molecule has 6 heteroatoms. The molecule has 1 aromatic heterocycles. The molecule has 0 amide bonds. The summed E-state index contributed by atoms with van der Waals surface area (Å²) in [6.45, 7) is 3.63. The Morgan fingerprint density at radius 1 is 1.39 bits per heavy atom. The van der Waals surface area contributed by atoms with Crippen LogP contribution in [-0.4, -0.2) is 24.5 Å². The van der Waals surface area contributed by atoms with Gasteiger partial charge < -0.3 is 10.6 Å². The summed E-state index contributed by atoms with van der Waals surface area (Å²) >= 11 is 7.83. The monoisotopic (exact) mass is 348 g/mol. The standard InChI is InChI=1S/C17H21ClN4S/c1-12-20-9-15(23-12)10-21-16(19-2)22-11-17(6-7-17)13-4-3-5-14(18)8-13/h3-5,8-9H,6-7,10-11H2,1-2H3,(H2,19,21,22). The Bertz CT molecular complexity index is 706. The molecule has 0 atom stereocenters. The third-order valence-corrected chi connectivity index (χ3v) is 5.36. The predicted molar refractivity (Wildman–Crippen MR) is 97.4 cm³/mol. The molecule has 4 nitrogen and oxygen atoms in total. The number of guanidine groups is 1. The zero-order valence-corrected chi connectivity index (χ0v) is 15.0. The van der Waals surface area contributed by atoms with Crippen molar-refractivity contribution in [1.82, 2.24) is 15.6 Å². The number of thiazole rings is 1.